The van der Waals surface area contributed by atoms with Crippen LogP contribution in [0.5, 0.6) is 0 Å². The summed E-state index contributed by atoms with van der Waals surface area (Å²) in [4.78, 5) is 25.1. The maximum Gasteiger partial charge on any atom is 0.422 e. The summed E-state index contributed by atoms with van der Waals surface area (Å²) in [7, 11) is 0. The van der Waals surface area contributed by atoms with Crippen LogP contribution in [0.1, 0.15) is 44.1 Å². The van der Waals surface area contributed by atoms with E-state index in [1.54, 1.807) is 0 Å². The number of carbonyl (C=O) groups excluding carboxylic acids is 1. The number of anilines is 1. The van der Waals surface area contributed by atoms with Gasteiger partial charge in [-0.3, -0.25) is 4.79 Å². The van der Waals surface area contributed by atoms with Crippen LogP contribution in [0, 0.1) is 5.92 Å². The highest BCUT2D eigenvalue weighted by atomic mass is 19.4. The quantitative estimate of drug-likeness (QED) is 0.513. The second-order valence-corrected chi connectivity index (χ2v) is 9.46. The molecule has 1 amide bonds. The number of hydrogen-bond acceptors (Lipinski definition) is 6. The molecule has 38 heavy (non-hydrogen) atoms. The molecule has 0 aromatic heterocycles. The molecule has 1 saturated heterocycles. The zero-order valence-electron chi connectivity index (χ0n) is 20.6. The zero-order valence-corrected chi connectivity index (χ0v) is 20.6. The van der Waals surface area contributed by atoms with Crippen molar-refractivity contribution in [3.8, 4) is 0 Å². The minimum absolute atomic E-state index is 0.0154. The van der Waals surface area contributed by atoms with Crippen molar-refractivity contribution in [3.63, 3.8) is 0 Å². The number of rotatable bonds is 4. The largest absolute Gasteiger partial charge is 0.468 e. The maximum absolute atomic E-state index is 13.1. The van der Waals surface area contributed by atoms with Gasteiger partial charge in [0.15, 0.2) is 6.61 Å². The number of ether oxygens (including phenoxy) is 1. The number of nitrogens with one attached hydrogen (secondary N) is 1. The van der Waals surface area contributed by atoms with Gasteiger partial charge in [0.1, 0.15) is 5.84 Å². The van der Waals surface area contributed by atoms with E-state index in [9.17, 15) is 31.1 Å². The second kappa shape index (κ2) is 11.6. The molecule has 7 nitrogen and oxygen atoms in total. The van der Waals surface area contributed by atoms with Gasteiger partial charge in [-0.15, -0.1) is 0 Å². The molecular formula is C25H29F6N5O2. The summed E-state index contributed by atoms with van der Waals surface area (Å²) in [6, 6.07) is 4.33. The van der Waals surface area contributed by atoms with E-state index >= 15 is 0 Å². The molecule has 0 spiro atoms. The molecule has 0 radical (unpaired) electrons. The van der Waals surface area contributed by atoms with Crippen LogP contribution in [-0.4, -0.2) is 66.5 Å². The number of aliphatic imine (C=N–C) groups is 2. The summed E-state index contributed by atoms with van der Waals surface area (Å²) in [5.74, 6) is 0.117. The van der Waals surface area contributed by atoms with Gasteiger partial charge in [-0.2, -0.15) is 36.3 Å². The summed E-state index contributed by atoms with van der Waals surface area (Å²) >= 11 is 0. The fourth-order valence-electron chi connectivity index (χ4n) is 4.72. The van der Waals surface area contributed by atoms with Gasteiger partial charge >= 0.3 is 12.4 Å². The lowest BCUT2D eigenvalue weighted by molar-refractivity contribution is -0.165. The van der Waals surface area contributed by atoms with E-state index in [1.807, 2.05) is 9.80 Å². The van der Waals surface area contributed by atoms with Gasteiger partial charge in [-0.1, -0.05) is 25.3 Å². The van der Waals surface area contributed by atoms with Crippen LogP contribution in [0.15, 0.2) is 46.2 Å². The Morgan fingerprint density at radius 3 is 2.37 bits per heavy atom. The Balaban J connectivity index is 1.49. The molecule has 1 N–H and O–H groups in total. The molecule has 2 heterocycles. The summed E-state index contributed by atoms with van der Waals surface area (Å²) < 4.78 is 82.4. The molecule has 3 aliphatic rings. The lowest BCUT2D eigenvalue weighted by atomic mass is 9.88. The van der Waals surface area contributed by atoms with Gasteiger partial charge in [0.25, 0.3) is 0 Å². The van der Waals surface area contributed by atoms with Gasteiger partial charge in [-0.05, 0) is 37.1 Å². The lowest BCUT2D eigenvalue weighted by Crippen LogP contribution is -2.52. The molecule has 0 unspecified atom stereocenters. The average Bonchev–Trinajstić information content (AvgIpc) is 3.09. The molecule has 4 rings (SSSR count). The molecule has 13 heteroatoms. The smallest absolute Gasteiger partial charge is 0.422 e. The molecular weight excluding hydrogens is 516 g/mol. The third-order valence-corrected chi connectivity index (χ3v) is 6.65. The molecule has 1 saturated carbocycles. The second-order valence-electron chi connectivity index (χ2n) is 9.46. The van der Waals surface area contributed by atoms with Crippen LogP contribution in [0.2, 0.25) is 0 Å². The number of benzene rings is 1. The maximum atomic E-state index is 13.1. The Bertz CT molecular complexity index is 1080. The van der Waals surface area contributed by atoms with Crippen molar-refractivity contribution in [1.82, 2.24) is 9.80 Å². The van der Waals surface area contributed by atoms with Gasteiger partial charge in [0.05, 0.1) is 5.56 Å². The number of amides is 1. The van der Waals surface area contributed by atoms with E-state index in [0.29, 0.717) is 32.0 Å². The zero-order chi connectivity index (χ0) is 27.3. The van der Waals surface area contributed by atoms with Gasteiger partial charge in [0.2, 0.25) is 17.7 Å². The van der Waals surface area contributed by atoms with Crippen LogP contribution < -0.4 is 5.32 Å². The van der Waals surface area contributed by atoms with Crippen molar-refractivity contribution in [2.75, 3.05) is 38.1 Å². The molecule has 1 aliphatic carbocycles. The Labute approximate surface area is 216 Å². The first-order valence-electron chi connectivity index (χ1n) is 12.5. The topological polar surface area (TPSA) is 69.5 Å². The standard InChI is InChI=1S/C25H29F6N5O2/c26-24(27,28)16-38-21-10-9-20(33-23(34-21)32-19-8-4-7-18(15-19)25(29,30)31)35-11-13-36(14-12-35)22(37)17-5-2-1-3-6-17/h4,7-8,10,15,17H,1-3,5-6,9,11-14,16H2,(H,32,34). The van der Waals surface area contributed by atoms with Crippen molar-refractivity contribution in [2.24, 2.45) is 15.9 Å². The number of hydrogen-bond donors (Lipinski definition) is 1. The summed E-state index contributed by atoms with van der Waals surface area (Å²) in [6.07, 6.45) is -2.66. The van der Waals surface area contributed by atoms with Crippen molar-refractivity contribution >= 4 is 23.4 Å². The number of nitrogens with zero attached hydrogens (tertiary/aromatic N) is 4. The number of carbonyl (C=O) groups is 1. The van der Waals surface area contributed by atoms with Crippen LogP contribution in [0.3, 0.4) is 0 Å². The number of alkyl halides is 6. The van der Waals surface area contributed by atoms with E-state index in [-0.39, 0.29) is 35.8 Å². The van der Waals surface area contributed by atoms with E-state index in [4.69, 9.17) is 4.74 Å². The first kappa shape index (κ1) is 27.8. The van der Waals surface area contributed by atoms with Crippen molar-refractivity contribution in [1.29, 1.82) is 0 Å². The highest BCUT2D eigenvalue weighted by molar-refractivity contribution is 6.04. The van der Waals surface area contributed by atoms with E-state index in [2.05, 4.69) is 15.3 Å². The summed E-state index contributed by atoms with van der Waals surface area (Å²) in [5.41, 5.74) is -0.884. The average molecular weight is 546 g/mol. The molecule has 2 fully saturated rings. The fourth-order valence-corrected chi connectivity index (χ4v) is 4.72. The van der Waals surface area contributed by atoms with E-state index in [1.165, 1.54) is 18.2 Å². The predicted molar refractivity (Wildman–Crippen MR) is 129 cm³/mol. The van der Waals surface area contributed by atoms with Crippen LogP contribution in [0.4, 0.5) is 32.0 Å². The van der Waals surface area contributed by atoms with Crippen molar-refractivity contribution < 1.29 is 35.9 Å². The highest BCUT2D eigenvalue weighted by Gasteiger charge is 2.32. The van der Waals surface area contributed by atoms with Crippen molar-refractivity contribution in [3.05, 3.63) is 41.8 Å². The van der Waals surface area contributed by atoms with E-state index < -0.39 is 24.5 Å². The lowest BCUT2D eigenvalue weighted by Gasteiger charge is -2.38. The summed E-state index contributed by atoms with van der Waals surface area (Å²) in [6.45, 7) is 0.296. The molecule has 0 bridgehead atoms. The number of piperazine rings is 1. The summed E-state index contributed by atoms with van der Waals surface area (Å²) in [5, 5.41) is 2.67. The molecule has 0 atom stereocenters. The third kappa shape index (κ3) is 7.64. The first-order valence-corrected chi connectivity index (χ1v) is 12.5. The number of guanidine groups is 1. The number of halogens is 6. The molecule has 208 valence electrons. The van der Waals surface area contributed by atoms with Gasteiger partial charge in [0, 0.05) is 44.2 Å². The SMILES string of the molecule is O=C(C1CCCCC1)N1CCN(C2=NC(Nc3cccc(C(F)(F)F)c3)=NC(OCC(F)(F)F)=CC2)CC1. The Morgan fingerprint density at radius 2 is 1.71 bits per heavy atom. The molecule has 1 aromatic carbocycles. The first-order chi connectivity index (χ1) is 18.0. The highest BCUT2D eigenvalue weighted by Crippen LogP contribution is 2.31. The van der Waals surface area contributed by atoms with Gasteiger partial charge in [-0.25, -0.2) is 0 Å². The Kier molecular flexibility index (Phi) is 8.51. The minimum Gasteiger partial charge on any atom is -0.468 e. The molecule has 1 aromatic rings. The van der Waals surface area contributed by atoms with Crippen LogP contribution in [0.25, 0.3) is 0 Å². The van der Waals surface area contributed by atoms with Gasteiger partial charge < -0.3 is 19.9 Å². The van der Waals surface area contributed by atoms with E-state index in [0.717, 1.165) is 44.2 Å². The molecule has 2 aliphatic heterocycles. The fraction of sp³-hybridized carbons (Fsp3) is 0.560. The minimum atomic E-state index is -4.60. The Morgan fingerprint density at radius 1 is 1.00 bits per heavy atom. The number of amidine groups is 1. The normalized spacial score (nSPS) is 19.8. The Hall–Kier alpha value is -3.25. The van der Waals surface area contributed by atoms with Crippen LogP contribution in [-0.2, 0) is 15.7 Å². The van der Waals surface area contributed by atoms with Crippen molar-refractivity contribution in [2.45, 2.75) is 50.9 Å². The predicted octanol–water partition coefficient (Wildman–Crippen LogP) is 5.42. The van der Waals surface area contributed by atoms with Crippen LogP contribution >= 0.6 is 0 Å². The monoisotopic (exact) mass is 545 g/mol. The third-order valence-electron chi connectivity index (χ3n) is 6.65.